The van der Waals surface area contributed by atoms with Crippen molar-refractivity contribution in [3.8, 4) is 0 Å². The quantitative estimate of drug-likeness (QED) is 0.724. The van der Waals surface area contributed by atoms with Gasteiger partial charge in [0.1, 0.15) is 0 Å². The second-order valence-electron chi connectivity index (χ2n) is 4.48. The van der Waals surface area contributed by atoms with E-state index >= 15 is 0 Å². The number of ether oxygens (including phenoxy) is 2. The molecular formula is C11H16F6O2. The summed E-state index contributed by atoms with van der Waals surface area (Å²) >= 11 is 0. The number of rotatable bonds is 4. The van der Waals surface area contributed by atoms with Gasteiger partial charge < -0.3 is 9.47 Å². The highest BCUT2D eigenvalue weighted by molar-refractivity contribution is 4.95. The van der Waals surface area contributed by atoms with Crippen LogP contribution in [0.3, 0.4) is 0 Å². The summed E-state index contributed by atoms with van der Waals surface area (Å²) in [5.41, 5.74) is 0. The van der Waals surface area contributed by atoms with Gasteiger partial charge in [0.25, 0.3) is 0 Å². The van der Waals surface area contributed by atoms with E-state index in [0.29, 0.717) is 12.8 Å². The molecule has 0 amide bonds. The Bertz CT molecular complexity index is 285. The molecule has 0 aromatic carbocycles. The molecule has 1 fully saturated rings. The summed E-state index contributed by atoms with van der Waals surface area (Å²) in [6.45, 7) is 3.26. The van der Waals surface area contributed by atoms with Crippen LogP contribution in [0.1, 0.15) is 39.5 Å². The molecule has 2 atom stereocenters. The van der Waals surface area contributed by atoms with Crippen molar-refractivity contribution < 1.29 is 35.8 Å². The predicted molar refractivity (Wildman–Crippen MR) is 54.4 cm³/mol. The third-order valence-corrected chi connectivity index (χ3v) is 3.04. The van der Waals surface area contributed by atoms with Crippen molar-refractivity contribution in [2.75, 3.05) is 0 Å². The molecular weight excluding hydrogens is 278 g/mol. The lowest BCUT2D eigenvalue weighted by molar-refractivity contribution is -0.446. The van der Waals surface area contributed by atoms with Gasteiger partial charge in [0.05, 0.1) is 12.2 Å². The maximum Gasteiger partial charge on any atom is 0.453 e. The number of alkyl halides is 6. The number of hydrogen-bond acceptors (Lipinski definition) is 2. The number of unbranched alkanes of at least 4 members (excludes halogenated alkanes) is 1. The molecule has 0 aromatic rings. The maximum absolute atomic E-state index is 12.7. The van der Waals surface area contributed by atoms with Crippen LogP contribution in [0, 0.1) is 0 Å². The van der Waals surface area contributed by atoms with Gasteiger partial charge in [-0.2, -0.15) is 26.3 Å². The Kier molecular flexibility index (Phi) is 4.77. The van der Waals surface area contributed by atoms with Crippen LogP contribution in [0.15, 0.2) is 0 Å². The van der Waals surface area contributed by atoms with Crippen LogP contribution < -0.4 is 0 Å². The first kappa shape index (κ1) is 16.6. The molecule has 114 valence electrons. The summed E-state index contributed by atoms with van der Waals surface area (Å²) in [6, 6.07) is 0. The Morgan fingerprint density at radius 2 is 1.37 bits per heavy atom. The van der Waals surface area contributed by atoms with E-state index in [4.69, 9.17) is 0 Å². The highest BCUT2D eigenvalue weighted by Crippen LogP contribution is 2.52. The lowest BCUT2D eigenvalue weighted by atomic mass is 10.1. The van der Waals surface area contributed by atoms with E-state index in [1.807, 2.05) is 0 Å². The summed E-state index contributed by atoms with van der Waals surface area (Å²) < 4.78 is 85.1. The highest BCUT2D eigenvalue weighted by atomic mass is 19.4. The zero-order chi connectivity index (χ0) is 14.9. The third-order valence-electron chi connectivity index (χ3n) is 3.04. The van der Waals surface area contributed by atoms with Gasteiger partial charge in [0, 0.05) is 0 Å². The van der Waals surface area contributed by atoms with E-state index in [1.54, 1.807) is 6.92 Å². The van der Waals surface area contributed by atoms with Crippen molar-refractivity contribution in [1.29, 1.82) is 0 Å². The standard InChI is InChI=1S/C11H16F6O2/c1-3-5-6-8-7(4-2)18-9(19-8,10(12,13)14)11(15,16)17/h7-8H,3-6H2,1-2H3/t7-,8-/m0/s1. The Hall–Kier alpha value is -0.500. The molecule has 0 aromatic heterocycles. The monoisotopic (exact) mass is 294 g/mol. The van der Waals surface area contributed by atoms with Crippen LogP contribution >= 0.6 is 0 Å². The Morgan fingerprint density at radius 3 is 1.74 bits per heavy atom. The smallest absolute Gasteiger partial charge is 0.329 e. The third kappa shape index (κ3) is 2.99. The Labute approximate surface area is 107 Å². The van der Waals surface area contributed by atoms with Crippen LogP contribution in [0.4, 0.5) is 26.3 Å². The first-order valence-corrected chi connectivity index (χ1v) is 6.08. The SMILES string of the molecule is CCCC[C@@H]1OC(C(F)(F)F)(C(F)(F)F)O[C@H]1CC. The van der Waals surface area contributed by atoms with Crippen LogP contribution in [0.2, 0.25) is 0 Å². The van der Waals surface area contributed by atoms with Crippen molar-refractivity contribution in [2.45, 2.75) is 69.9 Å². The number of hydrogen-bond donors (Lipinski definition) is 0. The summed E-state index contributed by atoms with van der Waals surface area (Å²) in [7, 11) is 0. The molecule has 2 nitrogen and oxygen atoms in total. The molecule has 1 aliphatic heterocycles. The van der Waals surface area contributed by atoms with Crippen LogP contribution in [0.25, 0.3) is 0 Å². The van der Waals surface area contributed by atoms with Crippen LogP contribution in [-0.4, -0.2) is 30.3 Å². The maximum atomic E-state index is 12.7. The molecule has 1 saturated heterocycles. The lowest BCUT2D eigenvalue weighted by Gasteiger charge is -2.31. The van der Waals surface area contributed by atoms with E-state index in [2.05, 4.69) is 9.47 Å². The normalized spacial score (nSPS) is 27.8. The molecule has 1 aliphatic rings. The fourth-order valence-corrected chi connectivity index (χ4v) is 2.03. The van der Waals surface area contributed by atoms with Gasteiger partial charge in [-0.3, -0.25) is 0 Å². The van der Waals surface area contributed by atoms with Gasteiger partial charge in [-0.25, -0.2) is 0 Å². The zero-order valence-corrected chi connectivity index (χ0v) is 10.6. The molecule has 0 saturated carbocycles. The van der Waals surface area contributed by atoms with E-state index in [1.165, 1.54) is 6.92 Å². The molecule has 19 heavy (non-hydrogen) atoms. The minimum Gasteiger partial charge on any atom is -0.329 e. The van der Waals surface area contributed by atoms with Crippen molar-refractivity contribution in [2.24, 2.45) is 0 Å². The fourth-order valence-electron chi connectivity index (χ4n) is 2.03. The van der Waals surface area contributed by atoms with E-state index in [0.717, 1.165) is 0 Å². The van der Waals surface area contributed by atoms with Crippen molar-refractivity contribution in [1.82, 2.24) is 0 Å². The van der Waals surface area contributed by atoms with Gasteiger partial charge >= 0.3 is 18.1 Å². The van der Waals surface area contributed by atoms with Crippen molar-refractivity contribution in [3.05, 3.63) is 0 Å². The minimum absolute atomic E-state index is 0.0301. The summed E-state index contributed by atoms with van der Waals surface area (Å²) in [5, 5.41) is 0. The summed E-state index contributed by atoms with van der Waals surface area (Å²) in [4.78, 5) is 0. The van der Waals surface area contributed by atoms with E-state index < -0.39 is 30.3 Å². The fraction of sp³-hybridized carbons (Fsp3) is 1.00. The molecule has 0 aliphatic carbocycles. The van der Waals surface area contributed by atoms with Crippen molar-refractivity contribution in [3.63, 3.8) is 0 Å². The first-order chi connectivity index (χ1) is 8.59. The van der Waals surface area contributed by atoms with Gasteiger partial charge in [-0.05, 0) is 12.8 Å². The van der Waals surface area contributed by atoms with Crippen molar-refractivity contribution >= 4 is 0 Å². The second kappa shape index (κ2) is 5.47. The van der Waals surface area contributed by atoms with Gasteiger partial charge in [-0.15, -0.1) is 0 Å². The topological polar surface area (TPSA) is 18.5 Å². The minimum atomic E-state index is -5.65. The van der Waals surface area contributed by atoms with Gasteiger partial charge in [-0.1, -0.05) is 26.7 Å². The van der Waals surface area contributed by atoms with Gasteiger partial charge in [0.2, 0.25) is 0 Å². The Balaban J connectivity index is 3.03. The van der Waals surface area contributed by atoms with Crippen LogP contribution in [0.5, 0.6) is 0 Å². The average molecular weight is 294 g/mol. The molecule has 1 heterocycles. The predicted octanol–water partition coefficient (Wildman–Crippen LogP) is 4.19. The molecule has 0 bridgehead atoms. The lowest BCUT2D eigenvalue weighted by Crippen LogP contribution is -2.58. The largest absolute Gasteiger partial charge is 0.453 e. The molecule has 0 radical (unpaired) electrons. The van der Waals surface area contributed by atoms with Crippen LogP contribution in [-0.2, 0) is 9.47 Å². The van der Waals surface area contributed by atoms with E-state index in [9.17, 15) is 26.3 Å². The second-order valence-corrected chi connectivity index (χ2v) is 4.48. The Morgan fingerprint density at radius 1 is 0.895 bits per heavy atom. The molecule has 1 rings (SSSR count). The highest BCUT2D eigenvalue weighted by Gasteiger charge is 2.78. The zero-order valence-electron chi connectivity index (χ0n) is 10.6. The molecule has 0 spiro atoms. The average Bonchev–Trinajstić information content (AvgIpc) is 2.65. The molecule has 8 heteroatoms. The van der Waals surface area contributed by atoms with Gasteiger partial charge in [0.15, 0.2) is 0 Å². The summed E-state index contributed by atoms with van der Waals surface area (Å²) in [6.07, 6.45) is -12.4. The molecule has 0 N–H and O–H groups in total. The first-order valence-electron chi connectivity index (χ1n) is 6.08. The summed E-state index contributed by atoms with van der Waals surface area (Å²) in [5.74, 6) is -4.49. The van der Waals surface area contributed by atoms with E-state index in [-0.39, 0.29) is 12.8 Å². The molecule has 0 unspecified atom stereocenters. The number of halogens is 6.